The van der Waals surface area contributed by atoms with Crippen molar-refractivity contribution in [3.8, 4) is 29.0 Å². The summed E-state index contributed by atoms with van der Waals surface area (Å²) in [7, 11) is 0. The van der Waals surface area contributed by atoms with E-state index in [1.807, 2.05) is 6.92 Å². The van der Waals surface area contributed by atoms with Crippen molar-refractivity contribution in [2.45, 2.75) is 19.8 Å². The summed E-state index contributed by atoms with van der Waals surface area (Å²) < 4.78 is 6.75. The predicted molar refractivity (Wildman–Crippen MR) is 75.9 cm³/mol. The Balaban J connectivity index is 1.90. The number of hydrogen-bond donors (Lipinski definition) is 2. The Bertz CT molecular complexity index is 890. The van der Waals surface area contributed by atoms with Crippen molar-refractivity contribution in [3.05, 3.63) is 23.5 Å². The lowest BCUT2D eigenvalue weighted by Crippen LogP contribution is -2.13. The third-order valence-corrected chi connectivity index (χ3v) is 3.54. The van der Waals surface area contributed by atoms with E-state index < -0.39 is 0 Å². The molecule has 0 atom stereocenters. The number of aromatic nitrogens is 5. The standard InChI is InChI=1S/C14H13N5O3/c1-7-13(16-8-3-2-4-22-14(8)15-7)9-5-10-17-11(20)6-12(21)19(10)18-9/h5-6,21H,2-4H2,1H3,(H,17,20). The van der Waals surface area contributed by atoms with Crippen LogP contribution >= 0.6 is 0 Å². The van der Waals surface area contributed by atoms with Gasteiger partial charge in [0.15, 0.2) is 5.65 Å². The molecule has 0 aliphatic carbocycles. The molecule has 0 unspecified atom stereocenters. The van der Waals surface area contributed by atoms with Crippen molar-refractivity contribution in [1.82, 2.24) is 24.6 Å². The SMILES string of the molecule is Cc1nc2c(nc1-c1cc3nc(O)cc(O)n3n1)CCCO2. The second-order valence-corrected chi connectivity index (χ2v) is 5.13. The molecule has 0 saturated carbocycles. The Morgan fingerprint density at radius 2 is 2.05 bits per heavy atom. The van der Waals surface area contributed by atoms with E-state index in [1.54, 1.807) is 6.07 Å². The molecule has 4 rings (SSSR count). The molecule has 1 aliphatic rings. The first-order valence-corrected chi connectivity index (χ1v) is 6.91. The fourth-order valence-corrected chi connectivity index (χ4v) is 2.52. The van der Waals surface area contributed by atoms with Crippen LogP contribution in [0.3, 0.4) is 0 Å². The molecule has 0 radical (unpaired) electrons. The van der Waals surface area contributed by atoms with Crippen LogP contribution in [0, 0.1) is 6.92 Å². The largest absolute Gasteiger partial charge is 0.493 e. The summed E-state index contributed by atoms with van der Waals surface area (Å²) in [6.45, 7) is 2.49. The van der Waals surface area contributed by atoms with E-state index in [-0.39, 0.29) is 11.8 Å². The Morgan fingerprint density at radius 3 is 2.91 bits per heavy atom. The van der Waals surface area contributed by atoms with Gasteiger partial charge in [0, 0.05) is 6.07 Å². The Labute approximate surface area is 125 Å². The van der Waals surface area contributed by atoms with E-state index in [2.05, 4.69) is 20.1 Å². The van der Waals surface area contributed by atoms with Gasteiger partial charge in [-0.25, -0.2) is 9.97 Å². The molecule has 0 fully saturated rings. The molecule has 4 heterocycles. The molecule has 112 valence electrons. The lowest BCUT2D eigenvalue weighted by atomic mass is 10.2. The number of aromatic hydroxyl groups is 2. The zero-order valence-electron chi connectivity index (χ0n) is 11.8. The zero-order chi connectivity index (χ0) is 15.3. The van der Waals surface area contributed by atoms with Gasteiger partial charge in [0.1, 0.15) is 17.1 Å². The molecule has 3 aromatic heterocycles. The molecule has 1 aliphatic heterocycles. The molecule has 8 heteroatoms. The van der Waals surface area contributed by atoms with Crippen LogP contribution in [0.1, 0.15) is 17.8 Å². The average molecular weight is 299 g/mol. The highest BCUT2D eigenvalue weighted by Crippen LogP contribution is 2.28. The lowest BCUT2D eigenvalue weighted by molar-refractivity contribution is 0.272. The molecule has 0 amide bonds. The maximum atomic E-state index is 9.82. The van der Waals surface area contributed by atoms with Crippen LogP contribution in [0.15, 0.2) is 12.1 Å². The summed E-state index contributed by atoms with van der Waals surface area (Å²) >= 11 is 0. The van der Waals surface area contributed by atoms with E-state index in [9.17, 15) is 10.2 Å². The van der Waals surface area contributed by atoms with Crippen molar-refractivity contribution in [1.29, 1.82) is 0 Å². The quantitative estimate of drug-likeness (QED) is 0.696. The van der Waals surface area contributed by atoms with Crippen molar-refractivity contribution in [2.75, 3.05) is 6.61 Å². The van der Waals surface area contributed by atoms with Crippen LogP contribution in [-0.2, 0) is 6.42 Å². The summed E-state index contributed by atoms with van der Waals surface area (Å²) in [4.78, 5) is 13.0. The van der Waals surface area contributed by atoms with Gasteiger partial charge in [-0.2, -0.15) is 14.6 Å². The molecule has 0 aromatic carbocycles. The highest BCUT2D eigenvalue weighted by Gasteiger charge is 2.19. The number of rotatable bonds is 1. The maximum Gasteiger partial charge on any atom is 0.235 e. The van der Waals surface area contributed by atoms with Gasteiger partial charge in [0.25, 0.3) is 0 Å². The smallest absolute Gasteiger partial charge is 0.235 e. The van der Waals surface area contributed by atoms with Gasteiger partial charge in [0.05, 0.1) is 18.4 Å². The van der Waals surface area contributed by atoms with Crippen LogP contribution in [-0.4, -0.2) is 41.4 Å². The fraction of sp³-hybridized carbons (Fsp3) is 0.286. The van der Waals surface area contributed by atoms with Crippen LogP contribution in [0.2, 0.25) is 0 Å². The molecule has 22 heavy (non-hydrogen) atoms. The van der Waals surface area contributed by atoms with Crippen LogP contribution in [0.25, 0.3) is 17.0 Å². The first kappa shape index (κ1) is 12.8. The maximum absolute atomic E-state index is 9.82. The minimum absolute atomic E-state index is 0.194. The predicted octanol–water partition coefficient (Wildman–Crippen LogP) is 1.23. The van der Waals surface area contributed by atoms with E-state index >= 15 is 0 Å². The molecule has 8 nitrogen and oxygen atoms in total. The third-order valence-electron chi connectivity index (χ3n) is 3.54. The summed E-state index contributed by atoms with van der Waals surface area (Å²) in [6.07, 6.45) is 1.72. The first-order chi connectivity index (χ1) is 10.6. The molecular weight excluding hydrogens is 286 g/mol. The lowest BCUT2D eigenvalue weighted by Gasteiger charge is -2.16. The van der Waals surface area contributed by atoms with E-state index in [0.29, 0.717) is 35.2 Å². The van der Waals surface area contributed by atoms with E-state index in [1.165, 1.54) is 4.52 Å². The van der Waals surface area contributed by atoms with Gasteiger partial charge >= 0.3 is 0 Å². The molecule has 0 spiro atoms. The molecule has 0 saturated heterocycles. The highest BCUT2D eigenvalue weighted by molar-refractivity contribution is 5.64. The van der Waals surface area contributed by atoms with Crippen molar-refractivity contribution in [2.24, 2.45) is 0 Å². The third kappa shape index (κ3) is 1.92. The first-order valence-electron chi connectivity index (χ1n) is 6.91. The Kier molecular flexibility index (Phi) is 2.65. The van der Waals surface area contributed by atoms with E-state index in [0.717, 1.165) is 24.6 Å². The Hall–Kier alpha value is -2.90. The topological polar surface area (TPSA) is 106 Å². The molecular formula is C14H13N5O3. The van der Waals surface area contributed by atoms with Crippen molar-refractivity contribution in [3.63, 3.8) is 0 Å². The van der Waals surface area contributed by atoms with Gasteiger partial charge in [0.2, 0.25) is 17.6 Å². The van der Waals surface area contributed by atoms with Gasteiger partial charge in [-0.1, -0.05) is 0 Å². The second kappa shape index (κ2) is 4.55. The normalized spacial score (nSPS) is 13.9. The number of ether oxygens (including phenoxy) is 1. The minimum Gasteiger partial charge on any atom is -0.493 e. The minimum atomic E-state index is -0.266. The summed E-state index contributed by atoms with van der Waals surface area (Å²) in [5.41, 5.74) is 2.99. The van der Waals surface area contributed by atoms with Crippen molar-refractivity contribution < 1.29 is 14.9 Å². The van der Waals surface area contributed by atoms with Crippen LogP contribution in [0.4, 0.5) is 0 Å². The van der Waals surface area contributed by atoms with Crippen LogP contribution < -0.4 is 4.74 Å². The summed E-state index contributed by atoms with van der Waals surface area (Å²) in [5.74, 6) is 0.119. The van der Waals surface area contributed by atoms with Gasteiger partial charge in [-0.3, -0.25) is 0 Å². The molecule has 0 bridgehead atoms. The van der Waals surface area contributed by atoms with Gasteiger partial charge < -0.3 is 14.9 Å². The van der Waals surface area contributed by atoms with Gasteiger partial charge in [-0.15, -0.1) is 0 Å². The van der Waals surface area contributed by atoms with Gasteiger partial charge in [-0.05, 0) is 19.8 Å². The number of aryl methyl sites for hydroxylation is 2. The van der Waals surface area contributed by atoms with E-state index in [4.69, 9.17) is 4.74 Å². The number of nitrogens with zero attached hydrogens (tertiary/aromatic N) is 5. The van der Waals surface area contributed by atoms with Crippen LogP contribution in [0.5, 0.6) is 17.6 Å². The monoisotopic (exact) mass is 299 g/mol. The number of hydrogen-bond acceptors (Lipinski definition) is 7. The fourth-order valence-electron chi connectivity index (χ4n) is 2.52. The molecule has 2 N–H and O–H groups in total. The Morgan fingerprint density at radius 1 is 1.18 bits per heavy atom. The molecule has 3 aromatic rings. The summed E-state index contributed by atoms with van der Waals surface area (Å²) in [6, 6.07) is 2.77. The number of fused-ring (bicyclic) bond motifs is 2. The average Bonchev–Trinajstić information content (AvgIpc) is 2.90. The summed E-state index contributed by atoms with van der Waals surface area (Å²) in [5, 5.41) is 23.5. The highest BCUT2D eigenvalue weighted by atomic mass is 16.5. The van der Waals surface area contributed by atoms with Crippen molar-refractivity contribution >= 4 is 5.65 Å². The second-order valence-electron chi connectivity index (χ2n) is 5.13. The zero-order valence-corrected chi connectivity index (χ0v) is 11.8.